The summed E-state index contributed by atoms with van der Waals surface area (Å²) in [6.45, 7) is 1.67. The molecule has 3 N–H and O–H groups in total. The number of carbonyl (C=O) groups is 2. The average Bonchev–Trinajstić information content (AvgIpc) is 2.71. The van der Waals surface area contributed by atoms with Crippen molar-refractivity contribution in [3.8, 4) is 5.75 Å². The predicted octanol–water partition coefficient (Wildman–Crippen LogP) is 5.54. The molecule has 29 heavy (non-hydrogen) atoms. The third-order valence-corrected chi connectivity index (χ3v) is 4.92. The number of urea groups is 1. The van der Waals surface area contributed by atoms with E-state index < -0.39 is 11.8 Å². The fourth-order valence-corrected chi connectivity index (χ4v) is 3.52. The zero-order valence-electron chi connectivity index (χ0n) is 16.7. The molecule has 3 rings (SSSR count). The van der Waals surface area contributed by atoms with Gasteiger partial charge in [-0.25, -0.2) is 9.18 Å². The molecular formula is C22H27FN2O4. The molecule has 0 saturated heterocycles. The van der Waals surface area contributed by atoms with Crippen molar-refractivity contribution in [2.45, 2.75) is 44.9 Å². The SMILES string of the molecule is COc1ccc(C)cc1NC(=O)Nc1ccc(C2CCCCC2)cc1F.O=CO. The normalized spacial score (nSPS) is 13.6. The molecule has 1 saturated carbocycles. The minimum Gasteiger partial charge on any atom is -0.495 e. The van der Waals surface area contributed by atoms with Crippen molar-refractivity contribution < 1.29 is 23.8 Å². The van der Waals surface area contributed by atoms with Crippen molar-refractivity contribution in [1.82, 2.24) is 0 Å². The Morgan fingerprint density at radius 1 is 1.10 bits per heavy atom. The van der Waals surface area contributed by atoms with Gasteiger partial charge in [0.15, 0.2) is 0 Å². The minimum atomic E-state index is -0.502. The number of rotatable bonds is 4. The van der Waals surface area contributed by atoms with Crippen molar-refractivity contribution in [3.05, 3.63) is 53.3 Å². The highest BCUT2D eigenvalue weighted by Crippen LogP contribution is 2.34. The summed E-state index contributed by atoms with van der Waals surface area (Å²) in [5.74, 6) is 0.580. The van der Waals surface area contributed by atoms with Crippen molar-refractivity contribution in [1.29, 1.82) is 0 Å². The van der Waals surface area contributed by atoms with Gasteiger partial charge in [0.1, 0.15) is 11.6 Å². The molecule has 0 bridgehead atoms. The fourth-order valence-electron chi connectivity index (χ4n) is 3.52. The molecule has 0 aromatic heterocycles. The van der Waals surface area contributed by atoms with Crippen LogP contribution in [0, 0.1) is 12.7 Å². The first-order valence-electron chi connectivity index (χ1n) is 9.58. The lowest BCUT2D eigenvalue weighted by Gasteiger charge is -2.22. The Hall–Kier alpha value is -3.09. The van der Waals surface area contributed by atoms with Gasteiger partial charge in [0, 0.05) is 0 Å². The summed E-state index contributed by atoms with van der Waals surface area (Å²) < 4.78 is 19.7. The van der Waals surface area contributed by atoms with E-state index in [2.05, 4.69) is 10.6 Å². The number of carbonyl (C=O) groups excluding carboxylic acids is 1. The summed E-state index contributed by atoms with van der Waals surface area (Å²) in [5.41, 5.74) is 2.73. The summed E-state index contributed by atoms with van der Waals surface area (Å²) in [7, 11) is 1.54. The Labute approximate surface area is 170 Å². The van der Waals surface area contributed by atoms with Crippen LogP contribution in [0.25, 0.3) is 0 Å². The number of benzene rings is 2. The average molecular weight is 402 g/mol. The Bertz CT molecular complexity index is 836. The fraction of sp³-hybridized carbons (Fsp3) is 0.364. The molecule has 156 valence electrons. The zero-order chi connectivity index (χ0) is 21.2. The largest absolute Gasteiger partial charge is 0.495 e. The molecule has 0 atom stereocenters. The van der Waals surface area contributed by atoms with Gasteiger partial charge in [-0.15, -0.1) is 0 Å². The molecule has 2 aromatic rings. The molecule has 0 radical (unpaired) electrons. The van der Waals surface area contributed by atoms with E-state index in [4.69, 9.17) is 14.6 Å². The second-order valence-corrected chi connectivity index (χ2v) is 6.96. The van der Waals surface area contributed by atoms with Gasteiger partial charge in [0.2, 0.25) is 0 Å². The second-order valence-electron chi connectivity index (χ2n) is 6.96. The van der Waals surface area contributed by atoms with Gasteiger partial charge >= 0.3 is 6.03 Å². The molecule has 1 aliphatic carbocycles. The van der Waals surface area contributed by atoms with E-state index in [0.717, 1.165) is 24.0 Å². The van der Waals surface area contributed by atoms with Gasteiger partial charge in [0.25, 0.3) is 6.47 Å². The molecule has 6 nitrogen and oxygen atoms in total. The quantitative estimate of drug-likeness (QED) is 0.586. The number of amides is 2. The number of halogens is 1. The molecule has 1 aliphatic rings. The van der Waals surface area contributed by atoms with Gasteiger partial charge in [-0.1, -0.05) is 31.4 Å². The monoisotopic (exact) mass is 402 g/mol. The van der Waals surface area contributed by atoms with Crippen LogP contribution in [0.1, 0.15) is 49.1 Å². The first-order valence-corrected chi connectivity index (χ1v) is 9.58. The molecule has 0 unspecified atom stereocenters. The Balaban J connectivity index is 0.000000941. The highest BCUT2D eigenvalue weighted by molar-refractivity contribution is 6.00. The number of ether oxygens (including phenoxy) is 1. The van der Waals surface area contributed by atoms with Crippen molar-refractivity contribution in [2.24, 2.45) is 0 Å². The Morgan fingerprint density at radius 2 is 1.76 bits per heavy atom. The van der Waals surface area contributed by atoms with Crippen LogP contribution < -0.4 is 15.4 Å². The summed E-state index contributed by atoms with van der Waals surface area (Å²) in [6, 6.07) is 10.1. The van der Waals surface area contributed by atoms with E-state index in [1.54, 1.807) is 24.3 Å². The molecule has 1 fully saturated rings. The van der Waals surface area contributed by atoms with Crippen LogP contribution in [0.2, 0.25) is 0 Å². The third kappa shape index (κ3) is 6.48. The van der Waals surface area contributed by atoms with Gasteiger partial charge in [-0.2, -0.15) is 0 Å². The van der Waals surface area contributed by atoms with Crippen LogP contribution >= 0.6 is 0 Å². The molecule has 2 amide bonds. The number of nitrogens with one attached hydrogen (secondary N) is 2. The number of hydrogen-bond donors (Lipinski definition) is 3. The number of anilines is 2. The molecular weight excluding hydrogens is 375 g/mol. The first-order chi connectivity index (χ1) is 14.0. The van der Waals surface area contributed by atoms with Crippen LogP contribution in [-0.4, -0.2) is 24.7 Å². The molecule has 0 spiro atoms. The van der Waals surface area contributed by atoms with Crippen LogP contribution in [0.5, 0.6) is 5.75 Å². The number of hydrogen-bond acceptors (Lipinski definition) is 3. The third-order valence-electron chi connectivity index (χ3n) is 4.92. The van der Waals surface area contributed by atoms with Crippen LogP contribution in [0.3, 0.4) is 0 Å². The van der Waals surface area contributed by atoms with Gasteiger partial charge in [0.05, 0.1) is 18.5 Å². The topological polar surface area (TPSA) is 87.7 Å². The molecule has 7 heteroatoms. The maximum atomic E-state index is 14.4. The summed E-state index contributed by atoms with van der Waals surface area (Å²) in [5, 5.41) is 12.2. The smallest absolute Gasteiger partial charge is 0.323 e. The van der Waals surface area contributed by atoms with Crippen LogP contribution in [0.15, 0.2) is 36.4 Å². The lowest BCUT2D eigenvalue weighted by atomic mass is 9.84. The molecule has 2 aromatic carbocycles. The minimum absolute atomic E-state index is 0.175. The summed E-state index contributed by atoms with van der Waals surface area (Å²) >= 11 is 0. The van der Waals surface area contributed by atoms with E-state index in [9.17, 15) is 9.18 Å². The molecule has 0 heterocycles. The highest BCUT2D eigenvalue weighted by Gasteiger charge is 2.17. The van der Waals surface area contributed by atoms with E-state index in [1.165, 1.54) is 26.4 Å². The first kappa shape index (κ1) is 22.2. The van der Waals surface area contributed by atoms with E-state index in [0.29, 0.717) is 17.4 Å². The standard InChI is InChI=1S/C21H25FN2O2.CH2O2/c1-14-8-11-20(26-2)19(12-14)24-21(25)23-18-10-9-16(13-17(18)22)15-6-4-3-5-7-15;2-1-3/h8-13,15H,3-7H2,1-2H3,(H2,23,24,25);1H,(H,2,3). The van der Waals surface area contributed by atoms with E-state index in [-0.39, 0.29) is 12.2 Å². The maximum absolute atomic E-state index is 14.4. The second kappa shape index (κ2) is 11.0. The Morgan fingerprint density at radius 3 is 2.38 bits per heavy atom. The van der Waals surface area contributed by atoms with Gasteiger partial charge in [-0.05, 0) is 61.1 Å². The molecule has 0 aliphatic heterocycles. The van der Waals surface area contributed by atoms with E-state index >= 15 is 0 Å². The Kier molecular flexibility index (Phi) is 8.45. The number of carboxylic acid groups (broad SMARTS) is 1. The predicted molar refractivity (Wildman–Crippen MR) is 111 cm³/mol. The maximum Gasteiger partial charge on any atom is 0.323 e. The van der Waals surface area contributed by atoms with Crippen molar-refractivity contribution in [2.75, 3.05) is 17.7 Å². The number of methoxy groups -OCH3 is 1. The van der Waals surface area contributed by atoms with Crippen LogP contribution in [0.4, 0.5) is 20.6 Å². The van der Waals surface area contributed by atoms with Crippen molar-refractivity contribution in [3.63, 3.8) is 0 Å². The van der Waals surface area contributed by atoms with Crippen molar-refractivity contribution >= 4 is 23.9 Å². The van der Waals surface area contributed by atoms with Gasteiger partial charge in [-0.3, -0.25) is 4.79 Å². The highest BCUT2D eigenvalue weighted by atomic mass is 19.1. The lowest BCUT2D eigenvalue weighted by Crippen LogP contribution is -2.20. The van der Waals surface area contributed by atoms with Gasteiger partial charge < -0.3 is 20.5 Å². The van der Waals surface area contributed by atoms with Crippen LogP contribution in [-0.2, 0) is 4.79 Å². The summed E-state index contributed by atoms with van der Waals surface area (Å²) in [4.78, 5) is 20.6. The lowest BCUT2D eigenvalue weighted by molar-refractivity contribution is -0.122. The summed E-state index contributed by atoms with van der Waals surface area (Å²) in [6.07, 6.45) is 5.89. The van der Waals surface area contributed by atoms with E-state index in [1.807, 2.05) is 19.1 Å². The number of aryl methyl sites for hydroxylation is 1. The zero-order valence-corrected chi connectivity index (χ0v) is 16.7.